The smallest absolute Gasteiger partial charge is 0.319 e. The fourth-order valence-corrected chi connectivity index (χ4v) is 2.76. The van der Waals surface area contributed by atoms with Crippen LogP contribution in [0, 0.1) is 0 Å². The number of hydrogen-bond donors (Lipinski definition) is 0. The van der Waals surface area contributed by atoms with Gasteiger partial charge < -0.3 is 4.74 Å². The van der Waals surface area contributed by atoms with E-state index in [-0.39, 0.29) is 5.97 Å². The first-order chi connectivity index (χ1) is 9.22. The molecule has 19 heavy (non-hydrogen) atoms. The highest BCUT2D eigenvalue weighted by molar-refractivity contribution is 5.71. The van der Waals surface area contributed by atoms with Crippen molar-refractivity contribution in [2.45, 2.75) is 39.2 Å². The lowest BCUT2D eigenvalue weighted by Gasteiger charge is -2.20. The van der Waals surface area contributed by atoms with Crippen molar-refractivity contribution in [2.75, 3.05) is 20.2 Å². The van der Waals surface area contributed by atoms with E-state index in [1.807, 2.05) is 0 Å². The van der Waals surface area contributed by atoms with Gasteiger partial charge in [0.15, 0.2) is 0 Å². The van der Waals surface area contributed by atoms with Crippen LogP contribution in [0.25, 0.3) is 0 Å². The highest BCUT2D eigenvalue weighted by Gasteiger charge is 2.14. The molecule has 0 atom stereocenters. The summed E-state index contributed by atoms with van der Waals surface area (Å²) >= 11 is 0. The first kappa shape index (κ1) is 14.1. The Balaban J connectivity index is 2.01. The van der Waals surface area contributed by atoms with Crippen LogP contribution in [0.2, 0.25) is 0 Å². The fraction of sp³-hybridized carbons (Fsp3) is 0.562. The van der Waals surface area contributed by atoms with E-state index < -0.39 is 0 Å². The van der Waals surface area contributed by atoms with E-state index in [2.05, 4.69) is 30.0 Å². The van der Waals surface area contributed by atoms with Crippen LogP contribution in [-0.4, -0.2) is 31.1 Å². The zero-order chi connectivity index (χ0) is 13.7. The normalized spacial score (nSPS) is 13.6. The molecule has 0 bridgehead atoms. The number of esters is 1. The molecule has 0 saturated heterocycles. The maximum absolute atomic E-state index is 11.4. The third kappa shape index (κ3) is 3.80. The summed E-state index contributed by atoms with van der Waals surface area (Å²) in [6.45, 7) is 4.26. The predicted octanol–water partition coefficient (Wildman–Crippen LogP) is 2.56. The molecule has 3 heteroatoms. The van der Waals surface area contributed by atoms with Crippen LogP contribution in [0.5, 0.6) is 0 Å². The van der Waals surface area contributed by atoms with Crippen LogP contribution >= 0.6 is 0 Å². The molecule has 0 aliphatic heterocycles. The number of methoxy groups -OCH3 is 1. The summed E-state index contributed by atoms with van der Waals surface area (Å²) in [4.78, 5) is 13.6. The Hall–Kier alpha value is -1.35. The Morgan fingerprint density at radius 3 is 2.84 bits per heavy atom. The minimum Gasteiger partial charge on any atom is -0.468 e. The predicted molar refractivity (Wildman–Crippen MR) is 76.1 cm³/mol. The Morgan fingerprint density at radius 2 is 2.11 bits per heavy atom. The van der Waals surface area contributed by atoms with Crippen molar-refractivity contribution < 1.29 is 9.53 Å². The van der Waals surface area contributed by atoms with E-state index in [4.69, 9.17) is 4.74 Å². The second-order valence-corrected chi connectivity index (χ2v) is 5.24. The minimum atomic E-state index is -0.158. The molecule has 1 aliphatic carbocycles. The van der Waals surface area contributed by atoms with Gasteiger partial charge in [-0.25, -0.2) is 0 Å². The molecule has 0 spiro atoms. The summed E-state index contributed by atoms with van der Waals surface area (Å²) in [6, 6.07) is 6.76. The van der Waals surface area contributed by atoms with Crippen molar-refractivity contribution >= 4 is 5.97 Å². The Labute approximate surface area is 115 Å². The molecule has 0 radical (unpaired) electrons. The Morgan fingerprint density at radius 1 is 1.32 bits per heavy atom. The summed E-state index contributed by atoms with van der Waals surface area (Å²) in [7, 11) is 1.45. The molecular formula is C16H23NO2. The van der Waals surface area contributed by atoms with Gasteiger partial charge >= 0.3 is 5.97 Å². The average molecular weight is 261 g/mol. The second kappa shape index (κ2) is 6.71. The standard InChI is InChI=1S/C16H23NO2/c1-3-9-17(12-16(18)19-2)11-13-7-8-14-5-4-6-15(14)10-13/h7-8,10H,3-6,9,11-12H2,1-2H3. The van der Waals surface area contributed by atoms with E-state index in [9.17, 15) is 4.79 Å². The zero-order valence-corrected chi connectivity index (χ0v) is 11.9. The molecule has 0 aromatic heterocycles. The lowest BCUT2D eigenvalue weighted by molar-refractivity contribution is -0.142. The number of fused-ring (bicyclic) bond motifs is 1. The van der Waals surface area contributed by atoms with Crippen molar-refractivity contribution in [3.05, 3.63) is 34.9 Å². The number of ether oxygens (including phenoxy) is 1. The van der Waals surface area contributed by atoms with E-state index in [1.165, 1.54) is 43.1 Å². The van der Waals surface area contributed by atoms with Crippen molar-refractivity contribution in [1.29, 1.82) is 0 Å². The average Bonchev–Trinajstić information content (AvgIpc) is 2.86. The molecule has 1 aromatic carbocycles. The molecule has 0 heterocycles. The zero-order valence-electron chi connectivity index (χ0n) is 11.9. The maximum atomic E-state index is 11.4. The first-order valence-corrected chi connectivity index (χ1v) is 7.12. The van der Waals surface area contributed by atoms with Gasteiger partial charge in [-0.15, -0.1) is 0 Å². The number of carbonyl (C=O) groups excluding carboxylic acids is 1. The molecule has 3 nitrogen and oxygen atoms in total. The van der Waals surface area contributed by atoms with Crippen LogP contribution < -0.4 is 0 Å². The van der Waals surface area contributed by atoms with Crippen molar-refractivity contribution in [3.63, 3.8) is 0 Å². The van der Waals surface area contributed by atoms with Gasteiger partial charge in [-0.3, -0.25) is 9.69 Å². The van der Waals surface area contributed by atoms with Gasteiger partial charge in [-0.1, -0.05) is 25.1 Å². The molecule has 0 saturated carbocycles. The van der Waals surface area contributed by atoms with Crippen LogP contribution in [0.1, 0.15) is 36.5 Å². The number of rotatable bonds is 6. The number of hydrogen-bond acceptors (Lipinski definition) is 3. The highest BCUT2D eigenvalue weighted by Crippen LogP contribution is 2.23. The SMILES string of the molecule is CCCN(CC(=O)OC)Cc1ccc2c(c1)CCC2. The number of aryl methyl sites for hydroxylation is 2. The summed E-state index contributed by atoms with van der Waals surface area (Å²) in [6.07, 6.45) is 4.74. The van der Waals surface area contributed by atoms with Gasteiger partial charge in [0.1, 0.15) is 0 Å². The third-order valence-corrected chi connectivity index (χ3v) is 3.69. The number of nitrogens with zero attached hydrogens (tertiary/aromatic N) is 1. The molecule has 1 aromatic rings. The van der Waals surface area contributed by atoms with E-state index in [1.54, 1.807) is 0 Å². The molecule has 0 fully saturated rings. The van der Waals surface area contributed by atoms with Gasteiger partial charge in [0.2, 0.25) is 0 Å². The maximum Gasteiger partial charge on any atom is 0.319 e. The molecule has 1 aliphatic rings. The molecule has 0 amide bonds. The first-order valence-electron chi connectivity index (χ1n) is 7.12. The second-order valence-electron chi connectivity index (χ2n) is 5.24. The quantitative estimate of drug-likeness (QED) is 0.737. The topological polar surface area (TPSA) is 29.5 Å². The number of benzene rings is 1. The van der Waals surface area contributed by atoms with E-state index in [0.717, 1.165) is 19.5 Å². The van der Waals surface area contributed by atoms with Crippen molar-refractivity contribution in [3.8, 4) is 0 Å². The van der Waals surface area contributed by atoms with Crippen LogP contribution in [0.4, 0.5) is 0 Å². The van der Waals surface area contributed by atoms with Gasteiger partial charge in [0.25, 0.3) is 0 Å². The van der Waals surface area contributed by atoms with Crippen LogP contribution in [0.15, 0.2) is 18.2 Å². The summed E-state index contributed by atoms with van der Waals surface area (Å²) in [5.74, 6) is -0.158. The molecule has 0 unspecified atom stereocenters. The molecule has 2 rings (SSSR count). The van der Waals surface area contributed by atoms with Crippen LogP contribution in [0.3, 0.4) is 0 Å². The Kier molecular flexibility index (Phi) is 4.97. The molecule has 104 valence electrons. The highest BCUT2D eigenvalue weighted by atomic mass is 16.5. The van der Waals surface area contributed by atoms with Crippen LogP contribution in [-0.2, 0) is 28.9 Å². The third-order valence-electron chi connectivity index (χ3n) is 3.69. The Bertz CT molecular complexity index is 442. The van der Waals surface area contributed by atoms with Gasteiger partial charge in [-0.2, -0.15) is 0 Å². The van der Waals surface area contributed by atoms with E-state index in [0.29, 0.717) is 6.54 Å². The summed E-state index contributed by atoms with van der Waals surface area (Å²) < 4.78 is 4.76. The molecule has 0 N–H and O–H groups in total. The lowest BCUT2D eigenvalue weighted by atomic mass is 10.1. The number of carbonyl (C=O) groups is 1. The van der Waals surface area contributed by atoms with Gasteiger partial charge in [0.05, 0.1) is 13.7 Å². The lowest BCUT2D eigenvalue weighted by Crippen LogP contribution is -2.30. The fourth-order valence-electron chi connectivity index (χ4n) is 2.76. The van der Waals surface area contributed by atoms with Gasteiger partial charge in [-0.05, 0) is 48.9 Å². The van der Waals surface area contributed by atoms with Gasteiger partial charge in [0, 0.05) is 6.54 Å². The monoisotopic (exact) mass is 261 g/mol. The van der Waals surface area contributed by atoms with E-state index >= 15 is 0 Å². The summed E-state index contributed by atoms with van der Waals surface area (Å²) in [5.41, 5.74) is 4.30. The largest absolute Gasteiger partial charge is 0.468 e. The minimum absolute atomic E-state index is 0.158. The molecular weight excluding hydrogens is 238 g/mol. The van der Waals surface area contributed by atoms with Crippen molar-refractivity contribution in [2.24, 2.45) is 0 Å². The van der Waals surface area contributed by atoms with Crippen molar-refractivity contribution in [1.82, 2.24) is 4.90 Å². The summed E-state index contributed by atoms with van der Waals surface area (Å²) in [5, 5.41) is 0.